The van der Waals surface area contributed by atoms with Gasteiger partial charge in [-0.3, -0.25) is 19.3 Å². The molecule has 0 unspecified atom stereocenters. The number of nitrogens with zero attached hydrogens (tertiary/aromatic N) is 6. The second kappa shape index (κ2) is 14.4. The fraction of sp³-hybridized carbons (Fsp3) is 0.447. The van der Waals surface area contributed by atoms with E-state index in [4.69, 9.17) is 4.74 Å². The average Bonchev–Trinajstić information content (AvgIpc) is 3.54. The molecular formula is C38H47N9O5. The van der Waals surface area contributed by atoms with E-state index in [1.807, 2.05) is 55.6 Å². The Morgan fingerprint density at radius 2 is 1.77 bits per heavy atom. The zero-order valence-electron chi connectivity index (χ0n) is 30.5. The van der Waals surface area contributed by atoms with E-state index in [9.17, 15) is 19.5 Å². The minimum absolute atomic E-state index is 0.0796. The van der Waals surface area contributed by atoms with Crippen molar-refractivity contribution in [2.45, 2.75) is 83.0 Å². The monoisotopic (exact) mass is 709 g/mol. The molecule has 52 heavy (non-hydrogen) atoms. The predicted octanol–water partition coefficient (Wildman–Crippen LogP) is 4.21. The maximum Gasteiger partial charge on any atom is 0.321 e. The number of anilines is 1. The first kappa shape index (κ1) is 36.6. The number of aliphatic hydroxyl groups excluding tert-OH is 1. The van der Waals surface area contributed by atoms with E-state index in [1.165, 1.54) is 0 Å². The number of aliphatic hydroxyl groups is 1. The summed E-state index contributed by atoms with van der Waals surface area (Å²) in [6.07, 6.45) is 6.49. The average molecular weight is 710 g/mol. The van der Waals surface area contributed by atoms with E-state index in [0.717, 1.165) is 18.9 Å². The van der Waals surface area contributed by atoms with Crippen LogP contribution in [0.4, 0.5) is 10.6 Å². The Morgan fingerprint density at radius 3 is 2.48 bits per heavy atom. The highest BCUT2D eigenvalue weighted by molar-refractivity contribution is 5.94. The molecule has 0 spiro atoms. The van der Waals surface area contributed by atoms with E-state index in [1.54, 1.807) is 30.4 Å². The fourth-order valence-electron chi connectivity index (χ4n) is 6.38. The number of hydrogen-bond acceptors (Lipinski definition) is 10. The first-order valence-corrected chi connectivity index (χ1v) is 17.6. The highest BCUT2D eigenvalue weighted by atomic mass is 16.5. The number of rotatable bonds is 9. The molecule has 1 fully saturated rings. The van der Waals surface area contributed by atoms with Gasteiger partial charge in [-0.1, -0.05) is 65.8 Å². The topological polar surface area (TPSA) is 176 Å². The number of amides is 3. The number of fused-ring (bicyclic) bond motifs is 2. The summed E-state index contributed by atoms with van der Waals surface area (Å²) < 4.78 is 8.35. The number of urea groups is 1. The number of hydrogen-bond donors (Lipinski definition) is 4. The van der Waals surface area contributed by atoms with E-state index in [0.29, 0.717) is 60.4 Å². The number of benzene rings is 1. The van der Waals surface area contributed by atoms with Crippen molar-refractivity contribution < 1.29 is 24.2 Å². The van der Waals surface area contributed by atoms with Gasteiger partial charge in [0.15, 0.2) is 11.9 Å². The highest BCUT2D eigenvalue weighted by Gasteiger charge is 2.38. The summed E-state index contributed by atoms with van der Waals surface area (Å²) in [7, 11) is 0. The molecule has 14 heteroatoms. The van der Waals surface area contributed by atoms with E-state index in [-0.39, 0.29) is 23.2 Å². The Labute approximate surface area is 303 Å². The molecular weight excluding hydrogens is 662 g/mol. The lowest BCUT2D eigenvalue weighted by Gasteiger charge is -2.34. The zero-order chi connectivity index (χ0) is 37.3. The number of pyridine rings is 1. The summed E-state index contributed by atoms with van der Waals surface area (Å²) >= 11 is 0. The second-order valence-corrected chi connectivity index (χ2v) is 15.5. The first-order chi connectivity index (χ1) is 24.6. The highest BCUT2D eigenvalue weighted by Crippen LogP contribution is 2.37. The zero-order valence-corrected chi connectivity index (χ0v) is 30.5. The molecule has 1 saturated heterocycles. The maximum atomic E-state index is 13.6. The van der Waals surface area contributed by atoms with Crippen LogP contribution < -0.4 is 20.7 Å². The van der Waals surface area contributed by atoms with Crippen molar-refractivity contribution in [1.82, 2.24) is 40.1 Å². The van der Waals surface area contributed by atoms with Gasteiger partial charge in [0.05, 0.1) is 18.0 Å². The van der Waals surface area contributed by atoms with Crippen molar-refractivity contribution in [1.29, 1.82) is 0 Å². The van der Waals surface area contributed by atoms with Crippen LogP contribution in [0.5, 0.6) is 5.75 Å². The van der Waals surface area contributed by atoms with Crippen molar-refractivity contribution in [2.75, 3.05) is 31.5 Å². The van der Waals surface area contributed by atoms with Crippen molar-refractivity contribution >= 4 is 29.7 Å². The molecule has 2 atom stereocenters. The van der Waals surface area contributed by atoms with Gasteiger partial charge in [0.2, 0.25) is 5.82 Å². The van der Waals surface area contributed by atoms with Crippen molar-refractivity contribution in [3.05, 3.63) is 89.3 Å². The Bertz CT molecular complexity index is 1990. The number of aromatic nitrogens is 5. The van der Waals surface area contributed by atoms with Crippen LogP contribution in [-0.2, 0) is 21.2 Å². The molecule has 274 valence electrons. The molecule has 3 amide bonds. The number of nitrogens with one attached hydrogen (secondary N) is 3. The Morgan fingerprint density at radius 1 is 1.02 bits per heavy atom. The van der Waals surface area contributed by atoms with Crippen molar-refractivity contribution in [2.24, 2.45) is 0 Å². The minimum atomic E-state index is -1.51. The molecule has 2 aliphatic rings. The molecule has 1 aliphatic carbocycles. The van der Waals surface area contributed by atoms with Gasteiger partial charge in [-0.2, -0.15) is 0 Å². The van der Waals surface area contributed by atoms with Crippen LogP contribution in [0.25, 0.3) is 5.65 Å². The van der Waals surface area contributed by atoms with Crippen LogP contribution in [0.15, 0.2) is 60.8 Å². The van der Waals surface area contributed by atoms with E-state index < -0.39 is 29.0 Å². The van der Waals surface area contributed by atoms with Gasteiger partial charge >= 0.3 is 6.03 Å². The third-order valence-electron chi connectivity index (χ3n) is 9.27. The molecule has 4 aromatic rings. The normalized spacial score (nSPS) is 19.6. The number of carbonyl (C=O) groups is 3. The number of aldehydes is 1. The van der Waals surface area contributed by atoms with Crippen molar-refractivity contribution in [3.63, 3.8) is 0 Å². The van der Waals surface area contributed by atoms with Crippen LogP contribution in [-0.4, -0.2) is 85.1 Å². The predicted molar refractivity (Wildman–Crippen MR) is 195 cm³/mol. The largest absolute Gasteiger partial charge is 0.480 e. The maximum absolute atomic E-state index is 13.6. The van der Waals surface area contributed by atoms with Crippen molar-refractivity contribution in [3.8, 4) is 5.75 Å². The van der Waals surface area contributed by atoms with E-state index in [2.05, 4.69) is 61.8 Å². The summed E-state index contributed by atoms with van der Waals surface area (Å²) in [6, 6.07) is 11.9. The van der Waals surface area contributed by atoms with Crippen LogP contribution >= 0.6 is 0 Å². The standard InChI is InChI=1S/C38H47N9O5/c1-36(2,3)29-21-30(41-32(40-29)33(50)39-17-20-46-18-14-24(49)15-19-46)42-35(51)43-38(23-48)16-13-28(26-9-7-8-10-27(26)38)52-25-11-12-31-44-45-34(37(4,5)6)47(31)22-25/h7-13,16,21-24,28,49H,14-15,17-20H2,1-6H3,(H,39,50)(H2,40,41,42,43,51)/t28-,38-/m1/s1. The van der Waals surface area contributed by atoms with Gasteiger partial charge in [0.25, 0.3) is 5.91 Å². The summed E-state index contributed by atoms with van der Waals surface area (Å²) in [5.74, 6) is 0.940. The Balaban J connectivity index is 1.19. The van der Waals surface area contributed by atoms with E-state index >= 15 is 0 Å². The Hall–Kier alpha value is -5.21. The molecule has 4 heterocycles. The fourth-order valence-corrected chi connectivity index (χ4v) is 6.38. The molecule has 4 N–H and O–H groups in total. The van der Waals surface area contributed by atoms with Crippen LogP contribution in [0.1, 0.15) is 93.8 Å². The summed E-state index contributed by atoms with van der Waals surface area (Å²) in [6.45, 7) is 14.6. The summed E-state index contributed by atoms with van der Waals surface area (Å²) in [5.41, 5.74) is 0.301. The smallest absolute Gasteiger partial charge is 0.321 e. The summed E-state index contributed by atoms with van der Waals surface area (Å²) in [4.78, 5) is 50.7. The third kappa shape index (κ3) is 7.97. The lowest BCUT2D eigenvalue weighted by molar-refractivity contribution is -0.111. The molecule has 14 nitrogen and oxygen atoms in total. The van der Waals surface area contributed by atoms with Crippen LogP contribution in [0, 0.1) is 0 Å². The number of ether oxygens (including phenoxy) is 1. The quantitative estimate of drug-likeness (QED) is 0.146. The SMILES string of the molecule is CC(C)(C)c1cc(NC(=O)N[C@@]2(C=O)C=C[C@@H](Oc3ccc4nnc(C(C)(C)C)n4c3)c3ccccc32)nc(C(=O)NCCN2CCC(O)CC2)n1. The van der Waals surface area contributed by atoms with Gasteiger partial charge < -0.3 is 25.4 Å². The van der Waals surface area contributed by atoms with Gasteiger partial charge in [-0.25, -0.2) is 14.8 Å². The molecule has 3 aromatic heterocycles. The molecule has 0 radical (unpaired) electrons. The first-order valence-electron chi connectivity index (χ1n) is 17.6. The third-order valence-corrected chi connectivity index (χ3v) is 9.27. The van der Waals surface area contributed by atoms with Crippen LogP contribution in [0.3, 0.4) is 0 Å². The second-order valence-electron chi connectivity index (χ2n) is 15.5. The summed E-state index contributed by atoms with van der Waals surface area (Å²) in [5, 5.41) is 26.8. The van der Waals surface area contributed by atoms with Crippen LogP contribution in [0.2, 0.25) is 0 Å². The molecule has 1 aliphatic heterocycles. The lowest BCUT2D eigenvalue weighted by atomic mass is 9.81. The minimum Gasteiger partial charge on any atom is -0.480 e. The van der Waals surface area contributed by atoms with Gasteiger partial charge in [-0.05, 0) is 42.7 Å². The van der Waals surface area contributed by atoms with Gasteiger partial charge in [0, 0.05) is 48.6 Å². The molecule has 1 aromatic carbocycles. The number of piperidine rings is 1. The molecule has 0 saturated carbocycles. The molecule has 6 rings (SSSR count). The van der Waals surface area contributed by atoms with Gasteiger partial charge in [0.1, 0.15) is 29.0 Å². The Kier molecular flexibility index (Phi) is 10.1. The molecule has 0 bridgehead atoms. The number of likely N-dealkylation sites (tertiary alicyclic amines) is 1. The lowest BCUT2D eigenvalue weighted by Crippen LogP contribution is -2.49. The number of carbonyl (C=O) groups excluding carboxylic acids is 3. The van der Waals surface area contributed by atoms with Gasteiger partial charge in [-0.15, -0.1) is 10.2 Å².